The number of carbonyl (C=O) groups excluding carboxylic acids is 1. The molecule has 0 radical (unpaired) electrons. The molecule has 0 amide bonds. The van der Waals surface area contributed by atoms with Crippen LogP contribution >= 0.6 is 0 Å². The van der Waals surface area contributed by atoms with E-state index >= 15 is 0 Å². The van der Waals surface area contributed by atoms with Crippen molar-refractivity contribution in [2.24, 2.45) is 0 Å². The highest BCUT2D eigenvalue weighted by Crippen LogP contribution is 2.28. The molecule has 0 atom stereocenters. The number of aromatic nitrogens is 1. The van der Waals surface area contributed by atoms with Crippen LogP contribution in [0.5, 0.6) is 0 Å². The first-order chi connectivity index (χ1) is 10.2. The molecule has 2 nitrogen and oxygen atoms in total. The van der Waals surface area contributed by atoms with Crippen LogP contribution in [0.1, 0.15) is 27.2 Å². The number of hydrogen-bond donors (Lipinski definition) is 0. The van der Waals surface area contributed by atoms with Gasteiger partial charge in [-0.1, -0.05) is 42.0 Å². The molecule has 1 aromatic heterocycles. The lowest BCUT2D eigenvalue weighted by Gasteiger charge is -2.19. The van der Waals surface area contributed by atoms with Crippen LogP contribution in [0, 0.1) is 6.92 Å². The van der Waals surface area contributed by atoms with Gasteiger partial charge in [-0.3, -0.25) is 4.79 Å². The zero-order chi connectivity index (χ0) is 14.4. The van der Waals surface area contributed by atoms with Gasteiger partial charge in [-0.2, -0.15) is 0 Å². The van der Waals surface area contributed by atoms with E-state index in [-0.39, 0.29) is 5.78 Å². The second-order valence-corrected chi connectivity index (χ2v) is 5.59. The maximum atomic E-state index is 12.5. The zero-order valence-electron chi connectivity index (χ0n) is 11.8. The summed E-state index contributed by atoms with van der Waals surface area (Å²) in [5, 5.41) is 0. The standard InChI is InChI=1S/C19H15NO/c1-13-4-2-5-14(10-13)15-7-8-17-16(11-15)12-20-9-3-6-18(20)19(17)21/h2-11H,12H2,1H3. The average molecular weight is 273 g/mol. The SMILES string of the molecule is Cc1cccc(-c2ccc3c(c2)Cn2cccc2C3=O)c1. The molecule has 2 heteroatoms. The van der Waals surface area contributed by atoms with E-state index in [1.807, 2.05) is 35.0 Å². The van der Waals surface area contributed by atoms with E-state index in [4.69, 9.17) is 0 Å². The normalized spacial score (nSPS) is 12.9. The smallest absolute Gasteiger partial charge is 0.209 e. The Morgan fingerprint density at radius 1 is 0.952 bits per heavy atom. The van der Waals surface area contributed by atoms with Gasteiger partial charge in [-0.25, -0.2) is 0 Å². The minimum Gasteiger partial charge on any atom is -0.340 e. The lowest BCUT2D eigenvalue weighted by atomic mass is 9.93. The van der Waals surface area contributed by atoms with Gasteiger partial charge >= 0.3 is 0 Å². The van der Waals surface area contributed by atoms with Crippen molar-refractivity contribution in [3.05, 3.63) is 83.2 Å². The monoisotopic (exact) mass is 273 g/mol. The fourth-order valence-corrected chi connectivity index (χ4v) is 3.03. The Morgan fingerprint density at radius 3 is 2.67 bits per heavy atom. The molecule has 0 fully saturated rings. The van der Waals surface area contributed by atoms with Gasteiger partial charge in [0.15, 0.2) is 0 Å². The van der Waals surface area contributed by atoms with Crippen molar-refractivity contribution < 1.29 is 4.79 Å². The van der Waals surface area contributed by atoms with Gasteiger partial charge in [0.1, 0.15) is 0 Å². The molecule has 2 heterocycles. The van der Waals surface area contributed by atoms with Crippen LogP contribution < -0.4 is 0 Å². The van der Waals surface area contributed by atoms with Crippen molar-refractivity contribution in [2.75, 3.05) is 0 Å². The Hall–Kier alpha value is -2.61. The summed E-state index contributed by atoms with van der Waals surface area (Å²) in [7, 11) is 0. The summed E-state index contributed by atoms with van der Waals surface area (Å²) >= 11 is 0. The third kappa shape index (κ3) is 1.91. The van der Waals surface area contributed by atoms with Gasteiger partial charge in [0.2, 0.25) is 5.78 Å². The Balaban J connectivity index is 1.83. The number of rotatable bonds is 1. The fourth-order valence-electron chi connectivity index (χ4n) is 3.03. The van der Waals surface area contributed by atoms with Crippen LogP contribution in [0.25, 0.3) is 11.1 Å². The van der Waals surface area contributed by atoms with E-state index in [0.717, 1.165) is 23.4 Å². The third-order valence-corrected chi connectivity index (χ3v) is 4.10. The largest absolute Gasteiger partial charge is 0.340 e. The van der Waals surface area contributed by atoms with Crippen molar-refractivity contribution in [1.82, 2.24) is 4.57 Å². The molecule has 0 bridgehead atoms. The quantitative estimate of drug-likeness (QED) is 0.512. The van der Waals surface area contributed by atoms with Crippen molar-refractivity contribution in [3.63, 3.8) is 0 Å². The van der Waals surface area contributed by atoms with Crippen LogP contribution in [-0.2, 0) is 6.54 Å². The molecule has 3 aromatic rings. The molecule has 2 aromatic carbocycles. The van der Waals surface area contributed by atoms with E-state index in [2.05, 4.69) is 37.3 Å². The van der Waals surface area contributed by atoms with E-state index < -0.39 is 0 Å². The summed E-state index contributed by atoms with van der Waals surface area (Å²) in [6.45, 7) is 2.86. The highest BCUT2D eigenvalue weighted by atomic mass is 16.1. The molecule has 102 valence electrons. The maximum Gasteiger partial charge on any atom is 0.209 e. The molecule has 21 heavy (non-hydrogen) atoms. The average Bonchev–Trinajstić information content (AvgIpc) is 2.95. The molecule has 0 spiro atoms. The Morgan fingerprint density at radius 2 is 1.81 bits per heavy atom. The number of benzene rings is 2. The topological polar surface area (TPSA) is 22.0 Å². The molecule has 0 saturated carbocycles. The van der Waals surface area contributed by atoms with Crippen molar-refractivity contribution in [2.45, 2.75) is 13.5 Å². The summed E-state index contributed by atoms with van der Waals surface area (Å²) < 4.78 is 2.02. The second kappa shape index (κ2) is 4.45. The van der Waals surface area contributed by atoms with E-state index in [9.17, 15) is 4.79 Å². The lowest BCUT2D eigenvalue weighted by molar-refractivity contribution is 0.102. The Bertz CT molecular complexity index is 858. The number of carbonyl (C=O) groups is 1. The number of aryl methyl sites for hydroxylation is 1. The molecular weight excluding hydrogens is 258 g/mol. The van der Waals surface area contributed by atoms with Crippen LogP contribution in [0.15, 0.2) is 60.8 Å². The Labute approximate surface area is 123 Å². The number of nitrogens with zero attached hydrogens (tertiary/aromatic N) is 1. The summed E-state index contributed by atoms with van der Waals surface area (Å²) in [4.78, 5) is 12.5. The zero-order valence-corrected chi connectivity index (χ0v) is 11.8. The first-order valence-corrected chi connectivity index (χ1v) is 7.12. The molecule has 4 rings (SSSR count). The van der Waals surface area contributed by atoms with Gasteiger partial charge in [0.25, 0.3) is 0 Å². The lowest BCUT2D eigenvalue weighted by Crippen LogP contribution is -2.19. The van der Waals surface area contributed by atoms with Crippen LogP contribution in [0.3, 0.4) is 0 Å². The predicted octanol–water partition coefficient (Wildman–Crippen LogP) is 4.06. The predicted molar refractivity (Wildman–Crippen MR) is 83.6 cm³/mol. The first-order valence-electron chi connectivity index (χ1n) is 7.12. The van der Waals surface area contributed by atoms with Crippen LogP contribution in [-0.4, -0.2) is 10.4 Å². The fraction of sp³-hybridized carbons (Fsp3) is 0.105. The highest BCUT2D eigenvalue weighted by molar-refractivity contribution is 6.10. The van der Waals surface area contributed by atoms with Crippen molar-refractivity contribution in [1.29, 1.82) is 0 Å². The number of ketones is 1. The highest BCUT2D eigenvalue weighted by Gasteiger charge is 2.22. The summed E-state index contributed by atoms with van der Waals surface area (Å²) in [5.41, 5.74) is 6.32. The van der Waals surface area contributed by atoms with Gasteiger partial charge < -0.3 is 4.57 Å². The summed E-state index contributed by atoms with van der Waals surface area (Å²) in [6, 6.07) is 18.4. The maximum absolute atomic E-state index is 12.5. The molecular formula is C19H15NO. The van der Waals surface area contributed by atoms with Gasteiger partial charge in [-0.05, 0) is 41.8 Å². The van der Waals surface area contributed by atoms with E-state index in [1.54, 1.807) is 0 Å². The first kappa shape index (κ1) is 12.2. The summed E-state index contributed by atoms with van der Waals surface area (Å²) in [5.74, 6) is 0.122. The van der Waals surface area contributed by atoms with Gasteiger partial charge in [-0.15, -0.1) is 0 Å². The Kier molecular flexibility index (Phi) is 2.58. The minimum absolute atomic E-state index is 0.122. The van der Waals surface area contributed by atoms with E-state index in [0.29, 0.717) is 0 Å². The molecule has 0 aliphatic carbocycles. The van der Waals surface area contributed by atoms with Crippen molar-refractivity contribution in [3.8, 4) is 11.1 Å². The molecule has 1 aliphatic rings. The second-order valence-electron chi connectivity index (χ2n) is 5.59. The number of fused-ring (bicyclic) bond motifs is 2. The van der Waals surface area contributed by atoms with Crippen LogP contribution in [0.4, 0.5) is 0 Å². The van der Waals surface area contributed by atoms with Gasteiger partial charge in [0.05, 0.1) is 5.69 Å². The van der Waals surface area contributed by atoms with Crippen LogP contribution in [0.2, 0.25) is 0 Å². The van der Waals surface area contributed by atoms with Gasteiger partial charge in [0, 0.05) is 18.3 Å². The minimum atomic E-state index is 0.122. The summed E-state index contributed by atoms with van der Waals surface area (Å²) in [6.07, 6.45) is 1.97. The molecule has 0 saturated heterocycles. The third-order valence-electron chi connectivity index (χ3n) is 4.10. The van der Waals surface area contributed by atoms with E-state index in [1.165, 1.54) is 16.7 Å². The molecule has 1 aliphatic heterocycles. The van der Waals surface area contributed by atoms with Crippen molar-refractivity contribution >= 4 is 5.78 Å². The molecule has 0 N–H and O–H groups in total. The number of hydrogen-bond acceptors (Lipinski definition) is 1. The molecule has 0 unspecified atom stereocenters.